The zero-order chi connectivity index (χ0) is 22.4. The molecule has 3 aromatic rings. The van der Waals surface area contributed by atoms with Gasteiger partial charge in [0.2, 0.25) is 0 Å². The molecule has 7 heteroatoms. The van der Waals surface area contributed by atoms with Gasteiger partial charge in [0, 0.05) is 10.6 Å². The average molecular weight is 439 g/mol. The second kappa shape index (κ2) is 10.00. The van der Waals surface area contributed by atoms with E-state index in [1.807, 2.05) is 44.2 Å². The smallest absolute Gasteiger partial charge is 0.275 e. The molecule has 0 aliphatic heterocycles. The lowest BCUT2D eigenvalue weighted by atomic mass is 10.1. The Bertz CT molecular complexity index is 1110. The van der Waals surface area contributed by atoms with Crippen molar-refractivity contribution in [2.75, 3.05) is 7.11 Å². The van der Waals surface area contributed by atoms with Crippen molar-refractivity contribution in [2.45, 2.75) is 20.5 Å². The van der Waals surface area contributed by atoms with Crippen LogP contribution in [0.25, 0.3) is 0 Å². The fourth-order valence-electron chi connectivity index (χ4n) is 3.03. The van der Waals surface area contributed by atoms with Crippen molar-refractivity contribution >= 4 is 23.7 Å². The van der Waals surface area contributed by atoms with Gasteiger partial charge in [0.05, 0.1) is 18.9 Å². The second-order valence-electron chi connectivity index (χ2n) is 6.95. The van der Waals surface area contributed by atoms with Crippen LogP contribution in [0, 0.1) is 13.8 Å². The number of phenols is 1. The second-order valence-corrected chi connectivity index (χ2v) is 7.33. The summed E-state index contributed by atoms with van der Waals surface area (Å²) in [6.07, 6.45) is 1.51. The molecule has 1 amide bonds. The molecule has 31 heavy (non-hydrogen) atoms. The standard InChI is InChI=1S/C24H23ClN2O4/c1-15-10-19(11-16(2)23(15)25)31-14-18-12-17(8-9-22(18)30-3)13-26-27-24(29)20-6-4-5-7-21(20)28/h4-13,28H,14H2,1-3H3,(H,27,29). The van der Waals surface area contributed by atoms with Crippen LogP contribution in [0.1, 0.15) is 32.6 Å². The molecule has 0 saturated carbocycles. The number of hydrazone groups is 1. The lowest BCUT2D eigenvalue weighted by Gasteiger charge is -2.13. The van der Waals surface area contributed by atoms with Crippen LogP contribution in [0.5, 0.6) is 17.2 Å². The molecule has 0 aliphatic rings. The van der Waals surface area contributed by atoms with Gasteiger partial charge in [-0.15, -0.1) is 0 Å². The number of hydrogen-bond acceptors (Lipinski definition) is 5. The van der Waals surface area contributed by atoms with E-state index in [1.165, 1.54) is 18.3 Å². The number of nitrogens with zero attached hydrogens (tertiary/aromatic N) is 1. The fourth-order valence-corrected chi connectivity index (χ4v) is 3.14. The molecule has 160 valence electrons. The van der Waals surface area contributed by atoms with E-state index in [-0.39, 0.29) is 17.9 Å². The minimum Gasteiger partial charge on any atom is -0.507 e. The Kier molecular flexibility index (Phi) is 7.15. The minimum atomic E-state index is -0.500. The molecule has 0 saturated heterocycles. The van der Waals surface area contributed by atoms with Crippen molar-refractivity contribution in [3.63, 3.8) is 0 Å². The van der Waals surface area contributed by atoms with Crippen LogP contribution in [-0.2, 0) is 6.61 Å². The van der Waals surface area contributed by atoms with E-state index in [1.54, 1.807) is 19.2 Å². The van der Waals surface area contributed by atoms with Crippen molar-refractivity contribution in [1.29, 1.82) is 0 Å². The van der Waals surface area contributed by atoms with Crippen molar-refractivity contribution in [1.82, 2.24) is 5.43 Å². The van der Waals surface area contributed by atoms with Gasteiger partial charge in [0.25, 0.3) is 5.91 Å². The monoisotopic (exact) mass is 438 g/mol. The molecule has 3 rings (SSSR count). The van der Waals surface area contributed by atoms with Crippen LogP contribution < -0.4 is 14.9 Å². The highest BCUT2D eigenvalue weighted by Gasteiger charge is 2.10. The van der Waals surface area contributed by atoms with Gasteiger partial charge in [-0.25, -0.2) is 5.43 Å². The predicted octanol–water partition coefficient (Wildman–Crippen LogP) is 5.01. The summed E-state index contributed by atoms with van der Waals surface area (Å²) in [5, 5.41) is 14.5. The Labute approximate surface area is 186 Å². The van der Waals surface area contributed by atoms with Crippen molar-refractivity contribution in [3.05, 3.63) is 87.4 Å². The number of rotatable bonds is 7. The first-order valence-electron chi connectivity index (χ1n) is 9.57. The van der Waals surface area contributed by atoms with E-state index in [9.17, 15) is 9.90 Å². The number of halogens is 1. The number of carbonyl (C=O) groups excluding carboxylic acids is 1. The summed E-state index contributed by atoms with van der Waals surface area (Å²) >= 11 is 6.22. The molecule has 0 bridgehead atoms. The Balaban J connectivity index is 1.71. The van der Waals surface area contributed by atoms with Gasteiger partial charge >= 0.3 is 0 Å². The first-order chi connectivity index (χ1) is 14.9. The molecule has 0 fully saturated rings. The molecule has 0 aliphatic carbocycles. The van der Waals surface area contributed by atoms with Gasteiger partial charge in [-0.2, -0.15) is 5.10 Å². The Hall–Kier alpha value is -3.51. The molecular weight excluding hydrogens is 416 g/mol. The number of amides is 1. The van der Waals surface area contributed by atoms with E-state index in [0.717, 1.165) is 33.0 Å². The summed E-state index contributed by atoms with van der Waals surface area (Å²) in [4.78, 5) is 12.1. The number of aryl methyl sites for hydroxylation is 2. The maximum atomic E-state index is 12.1. The van der Waals surface area contributed by atoms with E-state index in [0.29, 0.717) is 5.75 Å². The quantitative estimate of drug-likeness (QED) is 0.401. The molecular formula is C24H23ClN2O4. The summed E-state index contributed by atoms with van der Waals surface area (Å²) in [6.45, 7) is 4.16. The highest BCUT2D eigenvalue weighted by molar-refractivity contribution is 6.32. The van der Waals surface area contributed by atoms with Gasteiger partial charge in [-0.3, -0.25) is 4.79 Å². The summed E-state index contributed by atoms with van der Waals surface area (Å²) < 4.78 is 11.4. The number of benzene rings is 3. The highest BCUT2D eigenvalue weighted by Crippen LogP contribution is 2.27. The van der Waals surface area contributed by atoms with Gasteiger partial charge in [0.15, 0.2) is 0 Å². The highest BCUT2D eigenvalue weighted by atomic mass is 35.5. The first kappa shape index (κ1) is 22.2. The van der Waals surface area contributed by atoms with Crippen LogP contribution >= 0.6 is 11.6 Å². The van der Waals surface area contributed by atoms with Crippen LogP contribution in [0.3, 0.4) is 0 Å². The normalized spacial score (nSPS) is 10.8. The van der Waals surface area contributed by atoms with Gasteiger partial charge in [0.1, 0.15) is 23.9 Å². The molecule has 0 radical (unpaired) electrons. The Morgan fingerprint density at radius 2 is 1.84 bits per heavy atom. The number of nitrogens with one attached hydrogen (secondary N) is 1. The van der Waals surface area contributed by atoms with E-state index in [4.69, 9.17) is 21.1 Å². The maximum absolute atomic E-state index is 12.1. The lowest BCUT2D eigenvalue weighted by Crippen LogP contribution is -2.17. The zero-order valence-corrected chi connectivity index (χ0v) is 18.2. The first-order valence-corrected chi connectivity index (χ1v) is 9.94. The predicted molar refractivity (Wildman–Crippen MR) is 121 cm³/mol. The van der Waals surface area contributed by atoms with Crippen LogP contribution in [-0.4, -0.2) is 24.3 Å². The van der Waals surface area contributed by atoms with E-state index < -0.39 is 5.91 Å². The van der Waals surface area contributed by atoms with Gasteiger partial charge in [-0.05, 0) is 73.0 Å². The third-order valence-electron chi connectivity index (χ3n) is 4.64. The topological polar surface area (TPSA) is 80.2 Å². The van der Waals surface area contributed by atoms with Crippen LogP contribution in [0.2, 0.25) is 5.02 Å². The number of hydrogen-bond donors (Lipinski definition) is 2. The fraction of sp³-hybridized carbons (Fsp3) is 0.167. The Morgan fingerprint density at radius 3 is 2.52 bits per heavy atom. The minimum absolute atomic E-state index is 0.105. The van der Waals surface area contributed by atoms with Crippen molar-refractivity contribution in [2.24, 2.45) is 5.10 Å². The summed E-state index contributed by atoms with van der Waals surface area (Å²) in [5.41, 5.74) is 6.03. The molecule has 6 nitrogen and oxygen atoms in total. The summed E-state index contributed by atoms with van der Waals surface area (Å²) in [6, 6.07) is 15.5. The number of ether oxygens (including phenoxy) is 2. The molecule has 0 atom stereocenters. The third-order valence-corrected chi connectivity index (χ3v) is 5.23. The third kappa shape index (κ3) is 5.55. The van der Waals surface area contributed by atoms with Crippen molar-refractivity contribution in [3.8, 4) is 17.2 Å². The molecule has 0 unspecified atom stereocenters. The number of methoxy groups -OCH3 is 1. The van der Waals surface area contributed by atoms with Gasteiger partial charge in [-0.1, -0.05) is 23.7 Å². The van der Waals surface area contributed by atoms with Crippen molar-refractivity contribution < 1.29 is 19.4 Å². The number of para-hydroxylation sites is 1. The molecule has 0 spiro atoms. The SMILES string of the molecule is COc1ccc(C=NNC(=O)c2ccccc2O)cc1COc1cc(C)c(Cl)c(C)c1. The zero-order valence-electron chi connectivity index (χ0n) is 17.5. The van der Waals surface area contributed by atoms with E-state index in [2.05, 4.69) is 10.5 Å². The van der Waals surface area contributed by atoms with Crippen LogP contribution in [0.15, 0.2) is 59.7 Å². The molecule has 2 N–H and O–H groups in total. The van der Waals surface area contributed by atoms with E-state index >= 15 is 0 Å². The summed E-state index contributed by atoms with van der Waals surface area (Å²) in [5.74, 6) is 0.792. The number of phenolic OH excluding ortho intramolecular Hbond substituents is 1. The van der Waals surface area contributed by atoms with Crippen LogP contribution in [0.4, 0.5) is 0 Å². The summed E-state index contributed by atoms with van der Waals surface area (Å²) in [7, 11) is 1.59. The van der Waals surface area contributed by atoms with Gasteiger partial charge < -0.3 is 14.6 Å². The number of aromatic hydroxyl groups is 1. The largest absolute Gasteiger partial charge is 0.507 e. The molecule has 0 aromatic heterocycles. The number of carbonyl (C=O) groups is 1. The molecule has 3 aromatic carbocycles. The maximum Gasteiger partial charge on any atom is 0.275 e. The Morgan fingerprint density at radius 1 is 1.13 bits per heavy atom. The average Bonchev–Trinajstić information content (AvgIpc) is 2.76. The molecule has 0 heterocycles. The lowest BCUT2D eigenvalue weighted by molar-refractivity contribution is 0.0952.